The van der Waals surface area contributed by atoms with Gasteiger partial charge in [-0.15, -0.1) is 23.1 Å². The number of fused-ring (bicyclic) bond motifs is 1. The SMILES string of the molecule is COC(=O)c1c(NC(=O)C(C)Sc2ccc(C)cc2)sc2c1CCCCCC2. The Hall–Kier alpha value is -1.79. The monoisotopic (exact) mass is 417 g/mol. The Morgan fingerprint density at radius 1 is 1.11 bits per heavy atom. The van der Waals surface area contributed by atoms with Gasteiger partial charge in [0.15, 0.2) is 0 Å². The molecule has 1 aromatic carbocycles. The molecular weight excluding hydrogens is 390 g/mol. The quantitative estimate of drug-likeness (QED) is 0.507. The Bertz CT molecular complexity index is 842. The van der Waals surface area contributed by atoms with Crippen molar-refractivity contribution in [1.29, 1.82) is 0 Å². The van der Waals surface area contributed by atoms with Crippen molar-refractivity contribution < 1.29 is 14.3 Å². The summed E-state index contributed by atoms with van der Waals surface area (Å²) in [6, 6.07) is 8.14. The van der Waals surface area contributed by atoms with Crippen molar-refractivity contribution in [2.75, 3.05) is 12.4 Å². The number of aryl methyl sites for hydroxylation is 2. The first-order valence-corrected chi connectivity index (χ1v) is 11.5. The summed E-state index contributed by atoms with van der Waals surface area (Å²) in [7, 11) is 1.40. The molecule has 0 saturated heterocycles. The average Bonchev–Trinajstić information content (AvgIpc) is 2.99. The standard InChI is InChI=1S/C22H27NO3S2/c1-14-10-12-16(13-11-14)27-15(2)20(24)23-21-19(22(25)26-3)17-8-6-4-5-7-9-18(17)28-21/h10-13,15H,4-9H2,1-3H3,(H,23,24). The normalized spacial score (nSPS) is 15.1. The maximum atomic E-state index is 12.8. The molecular formula is C22H27NO3S2. The predicted molar refractivity (Wildman–Crippen MR) is 117 cm³/mol. The number of nitrogens with one attached hydrogen (secondary N) is 1. The Morgan fingerprint density at radius 2 is 1.79 bits per heavy atom. The molecule has 28 heavy (non-hydrogen) atoms. The van der Waals surface area contributed by atoms with Crippen molar-refractivity contribution in [2.24, 2.45) is 0 Å². The number of anilines is 1. The minimum Gasteiger partial charge on any atom is -0.465 e. The molecule has 1 N–H and O–H groups in total. The minimum absolute atomic E-state index is 0.0926. The van der Waals surface area contributed by atoms with Crippen LogP contribution in [0.15, 0.2) is 29.2 Å². The van der Waals surface area contributed by atoms with Gasteiger partial charge >= 0.3 is 5.97 Å². The molecule has 0 bridgehead atoms. The number of rotatable bonds is 5. The Labute approximate surface area is 175 Å². The Morgan fingerprint density at radius 3 is 2.46 bits per heavy atom. The van der Waals surface area contributed by atoms with E-state index in [1.165, 1.54) is 42.2 Å². The van der Waals surface area contributed by atoms with Gasteiger partial charge in [0, 0.05) is 9.77 Å². The van der Waals surface area contributed by atoms with Gasteiger partial charge in [0.2, 0.25) is 5.91 Å². The fourth-order valence-corrected chi connectivity index (χ4v) is 5.56. The average molecular weight is 418 g/mol. The highest BCUT2D eigenvalue weighted by Crippen LogP contribution is 2.38. The summed E-state index contributed by atoms with van der Waals surface area (Å²) in [5.74, 6) is -0.447. The van der Waals surface area contributed by atoms with E-state index >= 15 is 0 Å². The van der Waals surface area contributed by atoms with Gasteiger partial charge in [-0.3, -0.25) is 4.79 Å². The third-order valence-corrected chi connectivity index (χ3v) is 7.32. The zero-order valence-electron chi connectivity index (χ0n) is 16.7. The molecule has 0 saturated carbocycles. The van der Waals surface area contributed by atoms with Crippen LogP contribution in [0.5, 0.6) is 0 Å². The van der Waals surface area contributed by atoms with Crippen LogP contribution in [0.3, 0.4) is 0 Å². The van der Waals surface area contributed by atoms with Crippen molar-refractivity contribution in [2.45, 2.75) is 62.5 Å². The van der Waals surface area contributed by atoms with Crippen LogP contribution >= 0.6 is 23.1 Å². The van der Waals surface area contributed by atoms with Crippen molar-refractivity contribution >= 4 is 40.0 Å². The van der Waals surface area contributed by atoms with E-state index < -0.39 is 0 Å². The highest BCUT2D eigenvalue weighted by molar-refractivity contribution is 8.00. The van der Waals surface area contributed by atoms with Gasteiger partial charge < -0.3 is 10.1 Å². The number of methoxy groups -OCH3 is 1. The number of esters is 1. The molecule has 150 valence electrons. The smallest absolute Gasteiger partial charge is 0.341 e. The van der Waals surface area contributed by atoms with Gasteiger partial charge in [-0.2, -0.15) is 0 Å². The van der Waals surface area contributed by atoms with Crippen LogP contribution < -0.4 is 5.32 Å². The number of thiophene rings is 1. The molecule has 2 aromatic rings. The third kappa shape index (κ3) is 4.97. The van der Waals surface area contributed by atoms with Crippen LogP contribution in [-0.4, -0.2) is 24.2 Å². The zero-order chi connectivity index (χ0) is 20.1. The number of hydrogen-bond donors (Lipinski definition) is 1. The van der Waals surface area contributed by atoms with Crippen molar-refractivity contribution in [3.05, 3.63) is 45.8 Å². The lowest BCUT2D eigenvalue weighted by atomic mass is 9.96. The second-order valence-electron chi connectivity index (χ2n) is 7.18. The molecule has 0 spiro atoms. The van der Waals surface area contributed by atoms with E-state index in [9.17, 15) is 9.59 Å². The summed E-state index contributed by atoms with van der Waals surface area (Å²) in [6.07, 6.45) is 6.44. The van der Waals surface area contributed by atoms with E-state index in [1.54, 1.807) is 11.3 Å². The number of hydrogen-bond acceptors (Lipinski definition) is 5. The van der Waals surface area contributed by atoms with Gasteiger partial charge in [0.25, 0.3) is 0 Å². The van der Waals surface area contributed by atoms with Crippen LogP contribution in [-0.2, 0) is 22.4 Å². The zero-order valence-corrected chi connectivity index (χ0v) is 18.3. The van der Waals surface area contributed by atoms with Gasteiger partial charge in [-0.05, 0) is 57.2 Å². The first-order chi connectivity index (χ1) is 13.5. The summed E-state index contributed by atoms with van der Waals surface area (Å²) in [5.41, 5.74) is 2.83. The van der Waals surface area contributed by atoms with E-state index in [1.807, 2.05) is 38.1 Å². The summed E-state index contributed by atoms with van der Waals surface area (Å²) in [6.45, 7) is 3.93. The summed E-state index contributed by atoms with van der Waals surface area (Å²) < 4.78 is 5.03. The van der Waals surface area contributed by atoms with E-state index in [2.05, 4.69) is 5.32 Å². The molecule has 1 amide bonds. The molecule has 4 nitrogen and oxygen atoms in total. The molecule has 6 heteroatoms. The second kappa shape index (κ2) is 9.61. The maximum Gasteiger partial charge on any atom is 0.341 e. The molecule has 0 aliphatic heterocycles. The van der Waals surface area contributed by atoms with E-state index in [0.717, 1.165) is 36.1 Å². The lowest BCUT2D eigenvalue weighted by Crippen LogP contribution is -2.23. The molecule has 1 heterocycles. The molecule has 1 unspecified atom stereocenters. The van der Waals surface area contributed by atoms with Crippen molar-refractivity contribution in [1.82, 2.24) is 0 Å². The summed E-state index contributed by atoms with van der Waals surface area (Å²) >= 11 is 3.06. The summed E-state index contributed by atoms with van der Waals surface area (Å²) in [4.78, 5) is 27.6. The maximum absolute atomic E-state index is 12.8. The summed E-state index contributed by atoms with van der Waals surface area (Å²) in [5, 5.41) is 3.39. The Balaban J connectivity index is 1.79. The number of ether oxygens (including phenoxy) is 1. The third-order valence-electron chi connectivity index (χ3n) is 5.00. The molecule has 1 aliphatic rings. The largest absolute Gasteiger partial charge is 0.465 e. The van der Waals surface area contributed by atoms with Gasteiger partial charge in [-0.1, -0.05) is 30.5 Å². The lowest BCUT2D eigenvalue weighted by Gasteiger charge is -2.13. The Kier molecular flexibility index (Phi) is 7.18. The first kappa shape index (κ1) is 20.9. The van der Waals surface area contributed by atoms with E-state index in [0.29, 0.717) is 10.6 Å². The van der Waals surface area contributed by atoms with Crippen LogP contribution in [0.25, 0.3) is 0 Å². The molecule has 3 rings (SSSR count). The number of thioether (sulfide) groups is 1. The number of carbonyl (C=O) groups is 2. The lowest BCUT2D eigenvalue weighted by molar-refractivity contribution is -0.115. The second-order valence-corrected chi connectivity index (χ2v) is 9.70. The van der Waals surface area contributed by atoms with Crippen LogP contribution in [0.1, 0.15) is 59.0 Å². The fraction of sp³-hybridized carbons (Fsp3) is 0.455. The predicted octanol–water partition coefficient (Wildman–Crippen LogP) is 5.62. The minimum atomic E-state index is -0.354. The van der Waals surface area contributed by atoms with Gasteiger partial charge in [0.05, 0.1) is 17.9 Å². The number of benzene rings is 1. The van der Waals surface area contributed by atoms with Crippen LogP contribution in [0, 0.1) is 6.92 Å². The molecule has 1 aromatic heterocycles. The molecule has 1 aliphatic carbocycles. The topological polar surface area (TPSA) is 55.4 Å². The van der Waals surface area contributed by atoms with Gasteiger partial charge in [0.1, 0.15) is 5.00 Å². The van der Waals surface area contributed by atoms with Crippen molar-refractivity contribution in [3.8, 4) is 0 Å². The molecule has 1 atom stereocenters. The highest BCUT2D eigenvalue weighted by Gasteiger charge is 2.27. The number of carbonyl (C=O) groups excluding carboxylic acids is 2. The van der Waals surface area contributed by atoms with Gasteiger partial charge in [-0.25, -0.2) is 4.79 Å². The van der Waals surface area contributed by atoms with Crippen LogP contribution in [0.4, 0.5) is 5.00 Å². The number of amides is 1. The molecule has 0 radical (unpaired) electrons. The highest BCUT2D eigenvalue weighted by atomic mass is 32.2. The van der Waals surface area contributed by atoms with E-state index in [4.69, 9.17) is 4.74 Å². The van der Waals surface area contributed by atoms with Crippen molar-refractivity contribution in [3.63, 3.8) is 0 Å². The van der Waals surface area contributed by atoms with E-state index in [-0.39, 0.29) is 17.1 Å². The van der Waals surface area contributed by atoms with Crippen LogP contribution in [0.2, 0.25) is 0 Å². The fourth-order valence-electron chi connectivity index (χ4n) is 3.41. The molecule has 0 fully saturated rings. The first-order valence-electron chi connectivity index (χ1n) is 9.76.